The van der Waals surface area contributed by atoms with Gasteiger partial charge in [0, 0.05) is 12.5 Å². The lowest BCUT2D eigenvalue weighted by Gasteiger charge is -2.02. The SMILES string of the molecule is COc1ccc(Cc2cc(=O)[nH]cn2)cc1. The fraction of sp³-hybridized carbons (Fsp3) is 0.167. The van der Waals surface area contributed by atoms with Gasteiger partial charge in [-0.15, -0.1) is 0 Å². The largest absolute Gasteiger partial charge is 0.497 e. The Labute approximate surface area is 92.9 Å². The number of nitrogens with one attached hydrogen (secondary N) is 1. The molecule has 0 unspecified atom stereocenters. The van der Waals surface area contributed by atoms with Crippen molar-refractivity contribution in [2.45, 2.75) is 6.42 Å². The summed E-state index contributed by atoms with van der Waals surface area (Å²) in [5.41, 5.74) is 1.73. The lowest BCUT2D eigenvalue weighted by atomic mass is 10.1. The molecule has 0 aliphatic rings. The average molecular weight is 216 g/mol. The van der Waals surface area contributed by atoms with Gasteiger partial charge in [0.25, 0.3) is 5.56 Å². The summed E-state index contributed by atoms with van der Waals surface area (Å²) in [5.74, 6) is 0.822. The molecule has 2 aromatic rings. The number of aromatic nitrogens is 2. The van der Waals surface area contributed by atoms with E-state index < -0.39 is 0 Å². The second kappa shape index (κ2) is 4.61. The van der Waals surface area contributed by atoms with E-state index in [0.717, 1.165) is 17.0 Å². The predicted molar refractivity (Wildman–Crippen MR) is 60.7 cm³/mol. The van der Waals surface area contributed by atoms with Crippen LogP contribution >= 0.6 is 0 Å². The highest BCUT2D eigenvalue weighted by Gasteiger charge is 1.98. The van der Waals surface area contributed by atoms with Crippen LogP contribution in [-0.2, 0) is 6.42 Å². The Morgan fingerprint density at radius 2 is 2.06 bits per heavy atom. The molecule has 82 valence electrons. The van der Waals surface area contributed by atoms with Gasteiger partial charge in [-0.05, 0) is 17.7 Å². The van der Waals surface area contributed by atoms with Crippen LogP contribution in [0.1, 0.15) is 11.3 Å². The Bertz CT molecular complexity index is 517. The Morgan fingerprint density at radius 1 is 1.31 bits per heavy atom. The van der Waals surface area contributed by atoms with Crippen LogP contribution < -0.4 is 10.3 Å². The number of methoxy groups -OCH3 is 1. The predicted octanol–water partition coefficient (Wildman–Crippen LogP) is 1.37. The van der Waals surface area contributed by atoms with E-state index in [2.05, 4.69) is 9.97 Å². The maximum absolute atomic E-state index is 11.1. The standard InChI is InChI=1S/C12H12N2O2/c1-16-11-4-2-9(3-5-11)6-10-7-12(15)14-8-13-10/h2-5,7-8H,6H2,1H3,(H,13,14,15). The van der Waals surface area contributed by atoms with Crippen molar-refractivity contribution in [3.63, 3.8) is 0 Å². The van der Waals surface area contributed by atoms with Crippen LogP contribution in [0.3, 0.4) is 0 Å². The van der Waals surface area contributed by atoms with Gasteiger partial charge < -0.3 is 9.72 Å². The Balaban J connectivity index is 2.17. The number of H-pyrrole nitrogens is 1. The van der Waals surface area contributed by atoms with Crippen LogP contribution in [0, 0.1) is 0 Å². The fourth-order valence-corrected chi connectivity index (χ4v) is 1.46. The zero-order valence-corrected chi connectivity index (χ0v) is 8.93. The van der Waals surface area contributed by atoms with E-state index in [1.807, 2.05) is 24.3 Å². The number of ether oxygens (including phenoxy) is 1. The maximum atomic E-state index is 11.1. The van der Waals surface area contributed by atoms with E-state index in [1.54, 1.807) is 7.11 Å². The Hall–Kier alpha value is -2.10. The average Bonchev–Trinajstić information content (AvgIpc) is 2.30. The number of nitrogens with zero attached hydrogens (tertiary/aromatic N) is 1. The van der Waals surface area contributed by atoms with Crippen molar-refractivity contribution in [1.29, 1.82) is 0 Å². The van der Waals surface area contributed by atoms with Gasteiger partial charge in [-0.1, -0.05) is 12.1 Å². The molecule has 0 atom stereocenters. The monoisotopic (exact) mass is 216 g/mol. The molecule has 16 heavy (non-hydrogen) atoms. The first-order valence-electron chi connectivity index (χ1n) is 4.94. The highest BCUT2D eigenvalue weighted by molar-refractivity contribution is 5.29. The summed E-state index contributed by atoms with van der Waals surface area (Å²) in [4.78, 5) is 17.6. The lowest BCUT2D eigenvalue weighted by Crippen LogP contribution is -2.06. The van der Waals surface area contributed by atoms with Gasteiger partial charge in [-0.25, -0.2) is 4.98 Å². The zero-order chi connectivity index (χ0) is 11.4. The highest BCUT2D eigenvalue weighted by atomic mass is 16.5. The van der Waals surface area contributed by atoms with E-state index in [9.17, 15) is 4.79 Å². The Kier molecular flexibility index (Phi) is 3.00. The van der Waals surface area contributed by atoms with E-state index in [-0.39, 0.29) is 5.56 Å². The van der Waals surface area contributed by atoms with Crippen molar-refractivity contribution in [3.05, 3.63) is 58.3 Å². The van der Waals surface area contributed by atoms with Gasteiger partial charge in [0.05, 0.1) is 19.1 Å². The molecule has 0 spiro atoms. The summed E-state index contributed by atoms with van der Waals surface area (Å²) < 4.78 is 5.07. The van der Waals surface area contributed by atoms with Gasteiger partial charge >= 0.3 is 0 Å². The molecule has 0 amide bonds. The third-order valence-corrected chi connectivity index (χ3v) is 2.28. The van der Waals surface area contributed by atoms with Gasteiger partial charge in [-0.2, -0.15) is 0 Å². The van der Waals surface area contributed by atoms with Gasteiger partial charge in [-0.3, -0.25) is 4.79 Å². The molecule has 1 heterocycles. The van der Waals surface area contributed by atoms with Crippen molar-refractivity contribution in [2.75, 3.05) is 7.11 Å². The lowest BCUT2D eigenvalue weighted by molar-refractivity contribution is 0.414. The van der Waals surface area contributed by atoms with E-state index in [0.29, 0.717) is 6.42 Å². The third-order valence-electron chi connectivity index (χ3n) is 2.28. The number of hydrogen-bond donors (Lipinski definition) is 1. The molecule has 2 rings (SSSR count). The van der Waals surface area contributed by atoms with Gasteiger partial charge in [0.2, 0.25) is 0 Å². The van der Waals surface area contributed by atoms with Crippen LogP contribution in [0.5, 0.6) is 5.75 Å². The molecule has 0 radical (unpaired) electrons. The summed E-state index contributed by atoms with van der Waals surface area (Å²) >= 11 is 0. The maximum Gasteiger partial charge on any atom is 0.250 e. The second-order valence-electron chi connectivity index (χ2n) is 3.43. The van der Waals surface area contributed by atoms with Crippen molar-refractivity contribution in [1.82, 2.24) is 9.97 Å². The summed E-state index contributed by atoms with van der Waals surface area (Å²) in [5, 5.41) is 0. The smallest absolute Gasteiger partial charge is 0.250 e. The minimum absolute atomic E-state index is 0.126. The van der Waals surface area contributed by atoms with Crippen molar-refractivity contribution in [3.8, 4) is 5.75 Å². The fourth-order valence-electron chi connectivity index (χ4n) is 1.46. The van der Waals surface area contributed by atoms with E-state index >= 15 is 0 Å². The van der Waals surface area contributed by atoms with Crippen LogP contribution in [0.2, 0.25) is 0 Å². The van der Waals surface area contributed by atoms with Gasteiger partial charge in [0.15, 0.2) is 0 Å². The second-order valence-corrected chi connectivity index (χ2v) is 3.43. The molecular weight excluding hydrogens is 204 g/mol. The number of hydrogen-bond acceptors (Lipinski definition) is 3. The molecule has 1 aromatic carbocycles. The zero-order valence-electron chi connectivity index (χ0n) is 8.93. The van der Waals surface area contributed by atoms with Crippen LogP contribution in [0.15, 0.2) is 41.5 Å². The van der Waals surface area contributed by atoms with Crippen molar-refractivity contribution in [2.24, 2.45) is 0 Å². The molecule has 1 N–H and O–H groups in total. The third kappa shape index (κ3) is 2.48. The summed E-state index contributed by atoms with van der Waals surface area (Å²) in [6.07, 6.45) is 2.06. The normalized spacial score (nSPS) is 10.1. The summed E-state index contributed by atoms with van der Waals surface area (Å²) in [6, 6.07) is 9.21. The van der Waals surface area contributed by atoms with E-state index in [4.69, 9.17) is 4.74 Å². The van der Waals surface area contributed by atoms with Gasteiger partial charge in [0.1, 0.15) is 5.75 Å². The molecule has 0 saturated carbocycles. The molecule has 4 heteroatoms. The van der Waals surface area contributed by atoms with Crippen LogP contribution in [-0.4, -0.2) is 17.1 Å². The van der Waals surface area contributed by atoms with Crippen molar-refractivity contribution < 1.29 is 4.74 Å². The molecule has 0 saturated heterocycles. The van der Waals surface area contributed by atoms with Crippen molar-refractivity contribution >= 4 is 0 Å². The summed E-state index contributed by atoms with van der Waals surface area (Å²) in [7, 11) is 1.63. The Morgan fingerprint density at radius 3 is 2.69 bits per heavy atom. The minimum Gasteiger partial charge on any atom is -0.497 e. The highest BCUT2D eigenvalue weighted by Crippen LogP contribution is 2.13. The molecule has 0 aliphatic heterocycles. The van der Waals surface area contributed by atoms with E-state index in [1.165, 1.54) is 12.4 Å². The topological polar surface area (TPSA) is 55.0 Å². The number of aromatic amines is 1. The first kappa shape index (κ1) is 10.4. The molecule has 0 bridgehead atoms. The summed E-state index contributed by atoms with van der Waals surface area (Å²) in [6.45, 7) is 0. The molecule has 0 fully saturated rings. The van der Waals surface area contributed by atoms with Crippen LogP contribution in [0.25, 0.3) is 0 Å². The minimum atomic E-state index is -0.126. The first-order chi connectivity index (χ1) is 7.78. The quantitative estimate of drug-likeness (QED) is 0.843. The number of rotatable bonds is 3. The number of benzene rings is 1. The molecule has 0 aliphatic carbocycles. The molecule has 4 nitrogen and oxygen atoms in total. The van der Waals surface area contributed by atoms with Crippen LogP contribution in [0.4, 0.5) is 0 Å². The molecular formula is C12H12N2O2. The molecule has 1 aromatic heterocycles. The first-order valence-corrected chi connectivity index (χ1v) is 4.94.